The summed E-state index contributed by atoms with van der Waals surface area (Å²) in [6, 6.07) is 2.51. The normalized spacial score (nSPS) is 18.4. The van der Waals surface area contributed by atoms with Crippen LogP contribution in [0.3, 0.4) is 0 Å². The highest BCUT2D eigenvalue weighted by Gasteiger charge is 2.36. The molecule has 1 unspecified atom stereocenters. The molecule has 1 aromatic heterocycles. The van der Waals surface area contributed by atoms with Crippen molar-refractivity contribution in [1.29, 1.82) is 0 Å². The number of carbonyl (C=O) groups excluding carboxylic acids is 1. The number of aromatic nitrogens is 1. The molecular formula is C18H20F3N3O3S. The second kappa shape index (κ2) is 7.25. The summed E-state index contributed by atoms with van der Waals surface area (Å²) in [4.78, 5) is 12.8. The number of alkyl halides is 2. The van der Waals surface area contributed by atoms with Gasteiger partial charge in [0, 0.05) is 30.5 Å². The van der Waals surface area contributed by atoms with Crippen molar-refractivity contribution in [3.63, 3.8) is 0 Å². The molecule has 2 N–H and O–H groups in total. The van der Waals surface area contributed by atoms with Crippen LogP contribution >= 0.6 is 0 Å². The van der Waals surface area contributed by atoms with Gasteiger partial charge in [0.15, 0.2) is 0 Å². The molecule has 28 heavy (non-hydrogen) atoms. The Bertz CT molecular complexity index is 1030. The Hall–Kier alpha value is -2.33. The molecule has 0 radical (unpaired) electrons. The SMILES string of the molecule is CC(C)C1Cc2c(cn(C)c2C(=O)Nc2ccc(F)c(C(F)F)c2)S(=O)(=O)N1. The van der Waals surface area contributed by atoms with E-state index in [1.165, 1.54) is 23.9 Å². The molecule has 1 aliphatic heterocycles. The van der Waals surface area contributed by atoms with Gasteiger partial charge in [0.1, 0.15) is 16.4 Å². The van der Waals surface area contributed by atoms with Crippen molar-refractivity contribution in [2.75, 3.05) is 5.32 Å². The monoisotopic (exact) mass is 415 g/mol. The van der Waals surface area contributed by atoms with Crippen molar-refractivity contribution < 1.29 is 26.4 Å². The number of rotatable bonds is 4. The molecule has 0 saturated heterocycles. The largest absolute Gasteiger partial charge is 0.345 e. The number of nitrogens with zero attached hydrogens (tertiary/aromatic N) is 1. The van der Waals surface area contributed by atoms with Crippen molar-refractivity contribution in [1.82, 2.24) is 9.29 Å². The number of carbonyl (C=O) groups is 1. The number of sulfonamides is 1. The van der Waals surface area contributed by atoms with E-state index in [9.17, 15) is 26.4 Å². The third kappa shape index (κ3) is 3.66. The van der Waals surface area contributed by atoms with Gasteiger partial charge < -0.3 is 9.88 Å². The minimum atomic E-state index is -3.77. The molecule has 2 heterocycles. The van der Waals surface area contributed by atoms with Crippen LogP contribution in [0.15, 0.2) is 29.3 Å². The Morgan fingerprint density at radius 1 is 1.32 bits per heavy atom. The van der Waals surface area contributed by atoms with Crippen LogP contribution in [-0.4, -0.2) is 24.9 Å². The maximum Gasteiger partial charge on any atom is 0.272 e. The van der Waals surface area contributed by atoms with E-state index in [1.54, 1.807) is 0 Å². The first-order valence-electron chi connectivity index (χ1n) is 8.60. The van der Waals surface area contributed by atoms with Crippen molar-refractivity contribution in [2.45, 2.75) is 37.6 Å². The average Bonchev–Trinajstić information content (AvgIpc) is 2.93. The van der Waals surface area contributed by atoms with E-state index < -0.39 is 33.7 Å². The Kier molecular flexibility index (Phi) is 5.28. The summed E-state index contributed by atoms with van der Waals surface area (Å²) in [7, 11) is -2.24. The van der Waals surface area contributed by atoms with Crippen molar-refractivity contribution in [3.05, 3.63) is 47.0 Å². The lowest BCUT2D eigenvalue weighted by molar-refractivity contribution is 0.101. The second-order valence-electron chi connectivity index (χ2n) is 7.10. The van der Waals surface area contributed by atoms with Gasteiger partial charge in [-0.15, -0.1) is 0 Å². The molecule has 1 aliphatic rings. The molecule has 0 spiro atoms. The zero-order chi connectivity index (χ0) is 20.8. The van der Waals surface area contributed by atoms with Crippen LogP contribution in [0.25, 0.3) is 0 Å². The summed E-state index contributed by atoms with van der Waals surface area (Å²) in [6.45, 7) is 3.73. The van der Waals surface area contributed by atoms with Gasteiger partial charge in [0.05, 0.1) is 5.56 Å². The highest BCUT2D eigenvalue weighted by Crippen LogP contribution is 2.31. The third-order valence-electron chi connectivity index (χ3n) is 4.78. The fourth-order valence-corrected chi connectivity index (χ4v) is 4.93. The molecule has 1 amide bonds. The van der Waals surface area contributed by atoms with Crippen LogP contribution in [0.4, 0.5) is 18.9 Å². The smallest absolute Gasteiger partial charge is 0.272 e. The number of fused-ring (bicyclic) bond motifs is 1. The van der Waals surface area contributed by atoms with E-state index in [1.807, 2.05) is 13.8 Å². The van der Waals surface area contributed by atoms with E-state index in [2.05, 4.69) is 10.0 Å². The summed E-state index contributed by atoms with van der Waals surface area (Å²) in [5.74, 6) is -1.72. The number of anilines is 1. The lowest BCUT2D eigenvalue weighted by atomic mass is 9.97. The van der Waals surface area contributed by atoms with Gasteiger partial charge >= 0.3 is 0 Å². The second-order valence-corrected chi connectivity index (χ2v) is 8.78. The van der Waals surface area contributed by atoms with Gasteiger partial charge in [0.25, 0.3) is 12.3 Å². The van der Waals surface area contributed by atoms with Crippen molar-refractivity contribution in [3.8, 4) is 0 Å². The first-order valence-corrected chi connectivity index (χ1v) is 10.1. The third-order valence-corrected chi connectivity index (χ3v) is 6.32. The Balaban J connectivity index is 1.98. The summed E-state index contributed by atoms with van der Waals surface area (Å²) in [5, 5.41) is 2.45. The quantitative estimate of drug-likeness (QED) is 0.805. The van der Waals surface area contributed by atoms with E-state index in [0.717, 1.165) is 12.1 Å². The molecule has 0 bridgehead atoms. The summed E-state index contributed by atoms with van der Waals surface area (Å²) < 4.78 is 68.2. The van der Waals surface area contributed by atoms with Gasteiger partial charge in [0.2, 0.25) is 10.0 Å². The summed E-state index contributed by atoms with van der Waals surface area (Å²) in [5.41, 5.74) is -0.338. The minimum Gasteiger partial charge on any atom is -0.345 e. The number of nitrogens with one attached hydrogen (secondary N) is 2. The molecule has 10 heteroatoms. The van der Waals surface area contributed by atoms with Gasteiger partial charge in [-0.2, -0.15) is 0 Å². The van der Waals surface area contributed by atoms with Gasteiger partial charge in [-0.05, 0) is 30.5 Å². The van der Waals surface area contributed by atoms with Gasteiger partial charge in [-0.1, -0.05) is 13.8 Å². The molecule has 1 aromatic carbocycles. The maximum absolute atomic E-state index is 13.5. The zero-order valence-corrected chi connectivity index (χ0v) is 16.3. The fourth-order valence-electron chi connectivity index (χ4n) is 3.25. The predicted octanol–water partition coefficient (Wildman–Crippen LogP) is 3.21. The van der Waals surface area contributed by atoms with E-state index in [4.69, 9.17) is 0 Å². The first-order chi connectivity index (χ1) is 13.0. The topological polar surface area (TPSA) is 80.2 Å². The van der Waals surface area contributed by atoms with Crippen molar-refractivity contribution >= 4 is 21.6 Å². The van der Waals surface area contributed by atoms with Gasteiger partial charge in [-0.25, -0.2) is 26.3 Å². The lowest BCUT2D eigenvalue weighted by Crippen LogP contribution is -2.44. The van der Waals surface area contributed by atoms with Crippen LogP contribution in [0.5, 0.6) is 0 Å². The molecule has 0 saturated carbocycles. The summed E-state index contributed by atoms with van der Waals surface area (Å²) in [6.07, 6.45) is -1.36. The van der Waals surface area contributed by atoms with Crippen LogP contribution in [-0.2, 0) is 23.5 Å². The molecule has 1 atom stereocenters. The number of amides is 1. The zero-order valence-electron chi connectivity index (χ0n) is 15.5. The lowest BCUT2D eigenvalue weighted by Gasteiger charge is -2.27. The Morgan fingerprint density at radius 2 is 2.00 bits per heavy atom. The average molecular weight is 415 g/mol. The van der Waals surface area contributed by atoms with E-state index in [-0.39, 0.29) is 28.2 Å². The van der Waals surface area contributed by atoms with E-state index in [0.29, 0.717) is 12.0 Å². The highest BCUT2D eigenvalue weighted by molar-refractivity contribution is 7.89. The van der Waals surface area contributed by atoms with E-state index >= 15 is 0 Å². The molecule has 152 valence electrons. The first kappa shape index (κ1) is 20.4. The Morgan fingerprint density at radius 3 is 2.61 bits per heavy atom. The van der Waals surface area contributed by atoms with Crippen LogP contribution < -0.4 is 10.0 Å². The van der Waals surface area contributed by atoms with Crippen LogP contribution in [0.2, 0.25) is 0 Å². The van der Waals surface area contributed by atoms with Crippen molar-refractivity contribution in [2.24, 2.45) is 13.0 Å². The molecule has 0 fully saturated rings. The maximum atomic E-state index is 13.5. The summed E-state index contributed by atoms with van der Waals surface area (Å²) >= 11 is 0. The van der Waals surface area contributed by atoms with Gasteiger partial charge in [-0.3, -0.25) is 4.79 Å². The van der Waals surface area contributed by atoms with Crippen LogP contribution in [0.1, 0.15) is 41.9 Å². The number of aryl methyl sites for hydroxylation is 1. The number of halogens is 3. The number of benzene rings is 1. The Labute approximate surface area is 160 Å². The minimum absolute atomic E-state index is 0.00439. The predicted molar refractivity (Wildman–Crippen MR) is 97.4 cm³/mol. The van der Waals surface area contributed by atoms with Crippen LogP contribution in [0, 0.1) is 11.7 Å². The molecule has 6 nitrogen and oxygen atoms in total. The molecule has 2 aromatic rings. The molecular weight excluding hydrogens is 395 g/mol. The number of hydrogen-bond donors (Lipinski definition) is 2. The molecule has 0 aliphatic carbocycles. The number of hydrogen-bond acceptors (Lipinski definition) is 3. The molecule has 3 rings (SSSR count). The fraction of sp³-hybridized carbons (Fsp3) is 0.389. The highest BCUT2D eigenvalue weighted by atomic mass is 32.2. The standard InChI is InChI=1S/C18H20F3N3O3S/c1-9(2)14-7-12-15(28(26,27)23-14)8-24(3)16(12)18(25)22-10-4-5-13(19)11(6-10)17(20)21/h4-6,8-9,14,17,23H,7H2,1-3H3,(H,22,25).